The quantitative estimate of drug-likeness (QED) is 0.436. The lowest BCUT2D eigenvalue weighted by molar-refractivity contribution is -0.120. The molecule has 0 aliphatic rings. The van der Waals surface area contributed by atoms with Gasteiger partial charge in [0, 0.05) is 5.56 Å². The lowest BCUT2D eigenvalue weighted by atomic mass is 10.1. The number of hydrogen-bond acceptors (Lipinski definition) is 5. The number of carbonyl (C=O) groups excluding carboxylic acids is 3. The van der Waals surface area contributed by atoms with Crippen LogP contribution < -0.4 is 10.7 Å². The largest absolute Gasteiger partial charge is 0.465 e. The molecule has 27 heavy (non-hydrogen) atoms. The van der Waals surface area contributed by atoms with Gasteiger partial charge in [-0.05, 0) is 35.9 Å². The van der Waals surface area contributed by atoms with Gasteiger partial charge in [0.2, 0.25) is 0 Å². The van der Waals surface area contributed by atoms with Crippen molar-refractivity contribution in [2.45, 2.75) is 0 Å². The summed E-state index contributed by atoms with van der Waals surface area (Å²) in [6.07, 6.45) is 1.40. The van der Waals surface area contributed by atoms with Gasteiger partial charge in [-0.1, -0.05) is 35.3 Å². The molecule has 0 atom stereocenters. The standard InChI is InChI=1S/C18H15Cl2N3O4/c1-27-18(26)12-4-2-11(3-5-12)9-22-23-16(24)10-21-17(25)13-6-7-14(19)15(20)8-13/h2-9H,10H2,1H3,(H,21,25)(H,23,24)/b22-9-. The predicted octanol–water partition coefficient (Wildman–Crippen LogP) is 2.66. The summed E-state index contributed by atoms with van der Waals surface area (Å²) in [6, 6.07) is 10.8. The molecule has 0 aromatic heterocycles. The van der Waals surface area contributed by atoms with Crippen molar-refractivity contribution in [3.8, 4) is 0 Å². The Morgan fingerprint density at radius 2 is 1.70 bits per heavy atom. The van der Waals surface area contributed by atoms with Gasteiger partial charge in [0.25, 0.3) is 11.8 Å². The number of esters is 1. The Hall–Kier alpha value is -2.90. The zero-order valence-electron chi connectivity index (χ0n) is 14.2. The average molecular weight is 408 g/mol. The number of benzene rings is 2. The molecule has 0 aliphatic carbocycles. The van der Waals surface area contributed by atoms with Crippen LogP contribution in [-0.4, -0.2) is 37.7 Å². The fraction of sp³-hybridized carbons (Fsp3) is 0.111. The minimum Gasteiger partial charge on any atom is -0.465 e. The highest BCUT2D eigenvalue weighted by Crippen LogP contribution is 2.22. The fourth-order valence-corrected chi connectivity index (χ4v) is 2.24. The number of ether oxygens (including phenoxy) is 1. The molecule has 2 rings (SSSR count). The fourth-order valence-electron chi connectivity index (χ4n) is 1.94. The lowest BCUT2D eigenvalue weighted by Gasteiger charge is -2.05. The first kappa shape index (κ1) is 20.4. The molecule has 7 nitrogen and oxygen atoms in total. The second-order valence-corrected chi connectivity index (χ2v) is 6.03. The minimum atomic E-state index is -0.508. The molecule has 140 valence electrons. The van der Waals surface area contributed by atoms with E-state index in [0.29, 0.717) is 16.1 Å². The van der Waals surface area contributed by atoms with Crippen molar-refractivity contribution in [3.63, 3.8) is 0 Å². The highest BCUT2D eigenvalue weighted by molar-refractivity contribution is 6.42. The van der Waals surface area contributed by atoms with E-state index < -0.39 is 17.8 Å². The van der Waals surface area contributed by atoms with Crippen LogP contribution in [0.2, 0.25) is 10.0 Å². The van der Waals surface area contributed by atoms with Crippen molar-refractivity contribution in [1.82, 2.24) is 10.7 Å². The van der Waals surface area contributed by atoms with Crippen LogP contribution in [0, 0.1) is 0 Å². The van der Waals surface area contributed by atoms with E-state index >= 15 is 0 Å². The number of hydrogen-bond donors (Lipinski definition) is 2. The average Bonchev–Trinajstić information content (AvgIpc) is 2.68. The Morgan fingerprint density at radius 3 is 2.33 bits per heavy atom. The summed E-state index contributed by atoms with van der Waals surface area (Å²) in [5.41, 5.74) is 3.64. The van der Waals surface area contributed by atoms with E-state index in [-0.39, 0.29) is 17.1 Å². The van der Waals surface area contributed by atoms with Crippen molar-refractivity contribution in [2.75, 3.05) is 13.7 Å². The summed E-state index contributed by atoms with van der Waals surface area (Å²) in [6.45, 7) is -0.266. The highest BCUT2D eigenvalue weighted by Gasteiger charge is 2.09. The van der Waals surface area contributed by atoms with Gasteiger partial charge in [0.15, 0.2) is 0 Å². The van der Waals surface area contributed by atoms with E-state index in [9.17, 15) is 14.4 Å². The van der Waals surface area contributed by atoms with E-state index in [1.807, 2.05) is 0 Å². The number of amides is 2. The monoisotopic (exact) mass is 407 g/mol. The maximum atomic E-state index is 12.0. The topological polar surface area (TPSA) is 96.9 Å². The van der Waals surface area contributed by atoms with Crippen molar-refractivity contribution in [1.29, 1.82) is 0 Å². The predicted molar refractivity (Wildman–Crippen MR) is 102 cm³/mol. The van der Waals surface area contributed by atoms with Gasteiger partial charge in [-0.3, -0.25) is 9.59 Å². The number of methoxy groups -OCH3 is 1. The molecule has 2 amide bonds. The lowest BCUT2D eigenvalue weighted by Crippen LogP contribution is -2.34. The SMILES string of the molecule is COC(=O)c1ccc(/C=N\NC(=O)CNC(=O)c2ccc(Cl)c(Cl)c2)cc1. The van der Waals surface area contributed by atoms with E-state index in [2.05, 4.69) is 20.6 Å². The summed E-state index contributed by atoms with van der Waals surface area (Å²) in [5, 5.41) is 6.80. The van der Waals surface area contributed by atoms with Crippen LogP contribution in [0.3, 0.4) is 0 Å². The third-order valence-corrected chi connectivity index (χ3v) is 4.06. The normalized spacial score (nSPS) is 10.5. The number of carbonyl (C=O) groups is 3. The molecule has 0 saturated carbocycles. The summed E-state index contributed by atoms with van der Waals surface area (Å²) in [7, 11) is 1.30. The van der Waals surface area contributed by atoms with Crippen LogP contribution >= 0.6 is 23.2 Å². The van der Waals surface area contributed by atoms with E-state index in [1.54, 1.807) is 24.3 Å². The Morgan fingerprint density at radius 1 is 1.04 bits per heavy atom. The molecule has 0 unspecified atom stereocenters. The maximum absolute atomic E-state index is 12.0. The number of halogens is 2. The summed E-state index contributed by atoms with van der Waals surface area (Å²) in [5.74, 6) is -1.42. The van der Waals surface area contributed by atoms with Gasteiger partial charge in [-0.25, -0.2) is 10.2 Å². The molecule has 0 spiro atoms. The first-order chi connectivity index (χ1) is 12.9. The van der Waals surface area contributed by atoms with Crippen molar-refractivity contribution in [2.24, 2.45) is 5.10 Å². The molecule has 0 saturated heterocycles. The van der Waals surface area contributed by atoms with E-state index in [0.717, 1.165) is 0 Å². The molecular weight excluding hydrogens is 393 g/mol. The van der Waals surface area contributed by atoms with Crippen LogP contribution in [0.1, 0.15) is 26.3 Å². The van der Waals surface area contributed by atoms with Gasteiger partial charge in [-0.15, -0.1) is 0 Å². The van der Waals surface area contributed by atoms with Crippen molar-refractivity contribution >= 4 is 47.2 Å². The second kappa shape index (κ2) is 9.70. The first-order valence-electron chi connectivity index (χ1n) is 7.64. The van der Waals surface area contributed by atoms with Crippen LogP contribution in [0.5, 0.6) is 0 Å². The molecule has 0 bridgehead atoms. The molecule has 2 aromatic rings. The van der Waals surface area contributed by atoms with Crippen molar-refractivity contribution < 1.29 is 19.1 Å². The van der Waals surface area contributed by atoms with Gasteiger partial charge in [-0.2, -0.15) is 5.10 Å². The van der Waals surface area contributed by atoms with Crippen LogP contribution in [-0.2, 0) is 9.53 Å². The first-order valence-corrected chi connectivity index (χ1v) is 8.40. The smallest absolute Gasteiger partial charge is 0.337 e. The Kier molecular flexibility index (Phi) is 7.34. The summed E-state index contributed by atoms with van der Waals surface area (Å²) < 4.78 is 4.60. The van der Waals surface area contributed by atoms with E-state index in [1.165, 1.54) is 31.5 Å². The zero-order chi connectivity index (χ0) is 19.8. The number of nitrogens with zero attached hydrogens (tertiary/aromatic N) is 1. The number of nitrogens with one attached hydrogen (secondary N) is 2. The molecular formula is C18H15Cl2N3O4. The van der Waals surface area contributed by atoms with E-state index in [4.69, 9.17) is 23.2 Å². The third-order valence-electron chi connectivity index (χ3n) is 3.33. The Bertz CT molecular complexity index is 883. The molecule has 9 heteroatoms. The van der Waals surface area contributed by atoms with Gasteiger partial charge < -0.3 is 10.1 Å². The number of hydrazone groups is 1. The summed E-state index contributed by atoms with van der Waals surface area (Å²) >= 11 is 11.6. The van der Waals surface area contributed by atoms with Crippen LogP contribution in [0.15, 0.2) is 47.6 Å². The molecule has 0 fully saturated rings. The zero-order valence-corrected chi connectivity index (χ0v) is 15.7. The highest BCUT2D eigenvalue weighted by atomic mass is 35.5. The summed E-state index contributed by atoms with van der Waals surface area (Å²) in [4.78, 5) is 35.0. The molecule has 0 aliphatic heterocycles. The molecule has 2 N–H and O–H groups in total. The molecule has 0 radical (unpaired) electrons. The molecule has 2 aromatic carbocycles. The maximum Gasteiger partial charge on any atom is 0.337 e. The Labute approximate surface area is 165 Å². The van der Waals surface area contributed by atoms with Gasteiger partial charge in [0.05, 0.1) is 35.5 Å². The van der Waals surface area contributed by atoms with Gasteiger partial charge >= 0.3 is 5.97 Å². The molecule has 0 heterocycles. The third kappa shape index (κ3) is 6.09. The Balaban J connectivity index is 1.81. The van der Waals surface area contributed by atoms with Crippen LogP contribution in [0.4, 0.5) is 0 Å². The van der Waals surface area contributed by atoms with Gasteiger partial charge in [0.1, 0.15) is 0 Å². The second-order valence-electron chi connectivity index (χ2n) is 5.22. The minimum absolute atomic E-state index is 0.247. The number of rotatable bonds is 6. The van der Waals surface area contributed by atoms with Crippen LogP contribution in [0.25, 0.3) is 0 Å². The van der Waals surface area contributed by atoms with Crippen molar-refractivity contribution in [3.05, 3.63) is 69.2 Å².